The first-order valence-corrected chi connectivity index (χ1v) is 6.79. The maximum atomic E-state index is 12.2. The van der Waals surface area contributed by atoms with Crippen LogP contribution in [0.3, 0.4) is 0 Å². The Morgan fingerprint density at radius 2 is 2.10 bits per heavy atom. The van der Waals surface area contributed by atoms with Crippen LogP contribution in [0.25, 0.3) is 0 Å². The van der Waals surface area contributed by atoms with E-state index in [0.29, 0.717) is 32.7 Å². The lowest BCUT2D eigenvalue weighted by Crippen LogP contribution is -2.12. The van der Waals surface area contributed by atoms with E-state index in [2.05, 4.69) is 21.2 Å². The van der Waals surface area contributed by atoms with Gasteiger partial charge in [-0.25, -0.2) is 0 Å². The van der Waals surface area contributed by atoms with Gasteiger partial charge in [0.1, 0.15) is 5.75 Å². The third-order valence-electron chi connectivity index (χ3n) is 2.84. The minimum absolute atomic E-state index is 0.293. The molecule has 0 spiro atoms. The Balaban J connectivity index is 2.24. The molecule has 2 aromatic carbocycles. The van der Waals surface area contributed by atoms with Crippen molar-refractivity contribution in [1.82, 2.24) is 0 Å². The fourth-order valence-corrected chi connectivity index (χ4v) is 2.21. The molecule has 3 N–H and O–H groups in total. The molecule has 0 aromatic heterocycles. The quantitative estimate of drug-likeness (QED) is 0.836. The van der Waals surface area contributed by atoms with Gasteiger partial charge >= 0.3 is 0 Å². The number of nitrogens with one attached hydrogen (secondary N) is 1. The number of hydrogen-bond donors (Lipinski definition) is 2. The molecule has 1 amide bonds. The second-order valence-electron chi connectivity index (χ2n) is 4.22. The molecule has 0 saturated heterocycles. The van der Waals surface area contributed by atoms with Crippen molar-refractivity contribution < 1.29 is 9.53 Å². The molecule has 0 radical (unpaired) electrons. The second kappa shape index (κ2) is 6.29. The topological polar surface area (TPSA) is 88.1 Å². The predicted molar refractivity (Wildman–Crippen MR) is 84.2 cm³/mol. The minimum Gasteiger partial charge on any atom is -0.495 e. The standard InChI is InChI=1S/C15H12BrN3O2/c1-21-14-7-10(3-4-12(14)18)15(20)19-13-5-2-9(8-17)6-11(13)16/h2-7H,18H2,1H3,(H,19,20). The number of halogens is 1. The number of nitrogen functional groups attached to an aromatic ring is 1. The van der Waals surface area contributed by atoms with E-state index in [1.165, 1.54) is 7.11 Å². The fourth-order valence-electron chi connectivity index (χ4n) is 1.73. The predicted octanol–water partition coefficient (Wildman–Crippen LogP) is 3.16. The summed E-state index contributed by atoms with van der Waals surface area (Å²) in [6.45, 7) is 0. The molecule has 0 aliphatic carbocycles. The summed E-state index contributed by atoms with van der Waals surface area (Å²) in [5.41, 5.74) is 7.70. The van der Waals surface area contributed by atoms with Gasteiger partial charge in [-0.05, 0) is 52.3 Å². The number of benzene rings is 2. The number of methoxy groups -OCH3 is 1. The van der Waals surface area contributed by atoms with Crippen molar-refractivity contribution in [2.45, 2.75) is 0 Å². The van der Waals surface area contributed by atoms with Crippen LogP contribution in [0.15, 0.2) is 40.9 Å². The summed E-state index contributed by atoms with van der Waals surface area (Å²) in [6, 6.07) is 11.8. The maximum Gasteiger partial charge on any atom is 0.255 e. The van der Waals surface area contributed by atoms with Crippen molar-refractivity contribution in [3.05, 3.63) is 52.0 Å². The van der Waals surface area contributed by atoms with E-state index in [1.807, 2.05) is 6.07 Å². The molecule has 0 unspecified atom stereocenters. The number of nitrogens with zero attached hydrogens (tertiary/aromatic N) is 1. The summed E-state index contributed by atoms with van der Waals surface area (Å²) in [5, 5.41) is 11.6. The highest BCUT2D eigenvalue weighted by Gasteiger charge is 2.11. The van der Waals surface area contributed by atoms with Crippen LogP contribution in [0.5, 0.6) is 5.75 Å². The summed E-state index contributed by atoms with van der Waals surface area (Å²) < 4.78 is 5.73. The molecule has 0 saturated carbocycles. The van der Waals surface area contributed by atoms with Crippen molar-refractivity contribution in [3.8, 4) is 11.8 Å². The Hall–Kier alpha value is -2.52. The summed E-state index contributed by atoms with van der Waals surface area (Å²) in [4.78, 5) is 12.2. The molecule has 0 fully saturated rings. The van der Waals surface area contributed by atoms with Gasteiger partial charge in [-0.1, -0.05) is 0 Å². The molecule has 0 aliphatic rings. The smallest absolute Gasteiger partial charge is 0.255 e. The fraction of sp³-hybridized carbons (Fsp3) is 0.0667. The van der Waals surface area contributed by atoms with Gasteiger partial charge < -0.3 is 15.8 Å². The van der Waals surface area contributed by atoms with Gasteiger partial charge in [0.05, 0.1) is 30.1 Å². The van der Waals surface area contributed by atoms with E-state index < -0.39 is 0 Å². The monoisotopic (exact) mass is 345 g/mol. The van der Waals surface area contributed by atoms with Crippen molar-refractivity contribution >= 4 is 33.2 Å². The van der Waals surface area contributed by atoms with Gasteiger partial charge in [-0.3, -0.25) is 4.79 Å². The highest BCUT2D eigenvalue weighted by atomic mass is 79.9. The minimum atomic E-state index is -0.293. The molecule has 0 bridgehead atoms. The number of nitrogens with two attached hydrogens (primary N) is 1. The van der Waals surface area contributed by atoms with Gasteiger partial charge in [0.2, 0.25) is 0 Å². The zero-order valence-corrected chi connectivity index (χ0v) is 12.8. The van der Waals surface area contributed by atoms with Gasteiger partial charge in [-0.15, -0.1) is 0 Å². The molecule has 0 aliphatic heterocycles. The van der Waals surface area contributed by atoms with E-state index in [1.54, 1.807) is 36.4 Å². The highest BCUT2D eigenvalue weighted by molar-refractivity contribution is 9.10. The lowest BCUT2D eigenvalue weighted by molar-refractivity contribution is 0.102. The lowest BCUT2D eigenvalue weighted by atomic mass is 10.1. The zero-order chi connectivity index (χ0) is 15.4. The third-order valence-corrected chi connectivity index (χ3v) is 3.50. The maximum absolute atomic E-state index is 12.2. The van der Waals surface area contributed by atoms with E-state index in [9.17, 15) is 4.79 Å². The number of anilines is 2. The Morgan fingerprint density at radius 3 is 2.71 bits per heavy atom. The van der Waals surface area contributed by atoms with Crippen molar-refractivity contribution in [2.75, 3.05) is 18.2 Å². The summed E-state index contributed by atoms with van der Waals surface area (Å²) >= 11 is 3.32. The molecule has 0 atom stereocenters. The highest BCUT2D eigenvalue weighted by Crippen LogP contribution is 2.26. The Kier molecular flexibility index (Phi) is 4.45. The first-order valence-electron chi connectivity index (χ1n) is 5.99. The van der Waals surface area contributed by atoms with Crippen LogP contribution < -0.4 is 15.8 Å². The Morgan fingerprint density at radius 1 is 1.33 bits per heavy atom. The number of carbonyl (C=O) groups excluding carboxylic acids is 1. The van der Waals surface area contributed by atoms with E-state index in [-0.39, 0.29) is 5.91 Å². The number of amides is 1. The van der Waals surface area contributed by atoms with Crippen molar-refractivity contribution in [1.29, 1.82) is 5.26 Å². The molecule has 2 aromatic rings. The summed E-state index contributed by atoms with van der Waals surface area (Å²) in [7, 11) is 1.49. The van der Waals surface area contributed by atoms with Crippen LogP contribution >= 0.6 is 15.9 Å². The van der Waals surface area contributed by atoms with Crippen LogP contribution in [0.4, 0.5) is 11.4 Å². The van der Waals surface area contributed by atoms with Gasteiger partial charge in [0, 0.05) is 10.0 Å². The van der Waals surface area contributed by atoms with Crippen LogP contribution in [-0.4, -0.2) is 13.0 Å². The van der Waals surface area contributed by atoms with Crippen molar-refractivity contribution in [2.24, 2.45) is 0 Å². The SMILES string of the molecule is COc1cc(C(=O)Nc2ccc(C#N)cc2Br)ccc1N. The van der Waals surface area contributed by atoms with Crippen LogP contribution in [0.1, 0.15) is 15.9 Å². The van der Waals surface area contributed by atoms with E-state index >= 15 is 0 Å². The largest absolute Gasteiger partial charge is 0.495 e. The average molecular weight is 346 g/mol. The third kappa shape index (κ3) is 3.33. The van der Waals surface area contributed by atoms with E-state index in [4.69, 9.17) is 15.7 Å². The molecule has 2 rings (SSSR count). The molecule has 21 heavy (non-hydrogen) atoms. The van der Waals surface area contributed by atoms with Crippen LogP contribution in [0.2, 0.25) is 0 Å². The lowest BCUT2D eigenvalue weighted by Gasteiger charge is -2.10. The van der Waals surface area contributed by atoms with Gasteiger partial charge in [0.25, 0.3) is 5.91 Å². The number of hydrogen-bond acceptors (Lipinski definition) is 4. The summed E-state index contributed by atoms with van der Waals surface area (Å²) in [6.07, 6.45) is 0. The van der Waals surface area contributed by atoms with Gasteiger partial charge in [0.15, 0.2) is 0 Å². The molecular formula is C15H12BrN3O2. The normalized spacial score (nSPS) is 9.76. The number of nitriles is 1. The number of rotatable bonds is 3. The van der Waals surface area contributed by atoms with Crippen molar-refractivity contribution in [3.63, 3.8) is 0 Å². The number of carbonyl (C=O) groups is 1. The average Bonchev–Trinajstić information content (AvgIpc) is 2.49. The first kappa shape index (κ1) is 14.9. The van der Waals surface area contributed by atoms with Gasteiger partial charge in [-0.2, -0.15) is 5.26 Å². The Bertz CT molecular complexity index is 738. The molecule has 106 valence electrons. The molecule has 5 nitrogen and oxygen atoms in total. The molecule has 0 heterocycles. The Labute approximate surface area is 130 Å². The van der Waals surface area contributed by atoms with E-state index in [0.717, 1.165) is 0 Å². The first-order chi connectivity index (χ1) is 10.0. The molecular weight excluding hydrogens is 334 g/mol. The zero-order valence-electron chi connectivity index (χ0n) is 11.2. The second-order valence-corrected chi connectivity index (χ2v) is 5.07. The molecule has 6 heteroatoms. The van der Waals surface area contributed by atoms with Crippen LogP contribution in [0, 0.1) is 11.3 Å². The summed E-state index contributed by atoms with van der Waals surface area (Å²) in [5.74, 6) is 0.153. The van der Waals surface area contributed by atoms with Crippen LogP contribution in [-0.2, 0) is 0 Å². The number of ether oxygens (including phenoxy) is 1.